The monoisotopic (exact) mass is 371 g/mol. The lowest BCUT2D eigenvalue weighted by Gasteiger charge is -2.55. The van der Waals surface area contributed by atoms with Crippen molar-refractivity contribution in [2.24, 2.45) is 11.8 Å². The molecule has 1 heterocycles. The Hall–Kier alpha value is 0.0969. The van der Waals surface area contributed by atoms with Gasteiger partial charge in [0.2, 0.25) is 0 Å². The molecule has 150 valence electrons. The van der Waals surface area contributed by atoms with Gasteiger partial charge in [0.25, 0.3) is 0 Å². The van der Waals surface area contributed by atoms with Crippen molar-refractivity contribution in [2.75, 3.05) is 20.4 Å². The minimum absolute atomic E-state index is 0.0347. The van der Waals surface area contributed by atoms with Gasteiger partial charge in [-0.25, -0.2) is 0 Å². The maximum absolute atomic E-state index is 6.95. The molecule has 0 N–H and O–H groups in total. The Kier molecular flexibility index (Phi) is 8.20. The zero-order chi connectivity index (χ0) is 19.5. The topological polar surface area (TPSA) is 21.7 Å². The number of likely N-dealkylation sites (tertiary alicyclic amines) is 1. The van der Waals surface area contributed by atoms with E-state index in [1.807, 2.05) is 7.11 Å². The van der Waals surface area contributed by atoms with Crippen molar-refractivity contribution in [3.8, 4) is 0 Å². The van der Waals surface area contributed by atoms with Crippen LogP contribution in [0.15, 0.2) is 0 Å². The van der Waals surface area contributed by atoms with E-state index in [-0.39, 0.29) is 10.1 Å². The van der Waals surface area contributed by atoms with Gasteiger partial charge in [-0.05, 0) is 31.1 Å². The van der Waals surface area contributed by atoms with E-state index < -0.39 is 8.56 Å². The highest BCUT2D eigenvalue weighted by molar-refractivity contribution is 6.73. The second kappa shape index (κ2) is 8.86. The Morgan fingerprint density at radius 1 is 1.00 bits per heavy atom. The van der Waals surface area contributed by atoms with Crippen molar-refractivity contribution in [3.05, 3.63) is 0 Å². The SMILES string of the molecule is CCC1CCCCN1CO[Si](OC)(C(C)(C)C(C)C)C(C)(C)C(C)C. The molecular formula is C21H45NO2Si. The summed E-state index contributed by atoms with van der Waals surface area (Å²) in [6.07, 6.45) is 5.17. The van der Waals surface area contributed by atoms with E-state index in [1.165, 1.54) is 25.7 Å². The van der Waals surface area contributed by atoms with Crippen LogP contribution in [-0.4, -0.2) is 39.9 Å². The molecule has 0 aliphatic carbocycles. The van der Waals surface area contributed by atoms with E-state index in [0.717, 1.165) is 13.3 Å². The van der Waals surface area contributed by atoms with Crippen LogP contribution in [0.3, 0.4) is 0 Å². The van der Waals surface area contributed by atoms with Gasteiger partial charge >= 0.3 is 8.56 Å². The maximum atomic E-state index is 6.95. The van der Waals surface area contributed by atoms with Crippen molar-refractivity contribution in [1.29, 1.82) is 0 Å². The van der Waals surface area contributed by atoms with Gasteiger partial charge in [0, 0.05) is 29.8 Å². The van der Waals surface area contributed by atoms with E-state index in [9.17, 15) is 0 Å². The first-order valence-corrected chi connectivity index (χ1v) is 12.2. The summed E-state index contributed by atoms with van der Waals surface area (Å²) < 4.78 is 13.4. The quantitative estimate of drug-likeness (QED) is 0.451. The first-order chi connectivity index (χ1) is 11.5. The fourth-order valence-corrected chi connectivity index (χ4v) is 9.86. The van der Waals surface area contributed by atoms with Gasteiger partial charge in [-0.15, -0.1) is 0 Å². The molecule has 3 nitrogen and oxygen atoms in total. The lowest BCUT2D eigenvalue weighted by Crippen LogP contribution is -2.62. The molecule has 1 unspecified atom stereocenters. The number of hydrogen-bond acceptors (Lipinski definition) is 3. The zero-order valence-corrected chi connectivity index (χ0v) is 19.7. The van der Waals surface area contributed by atoms with Gasteiger partial charge in [-0.2, -0.15) is 0 Å². The van der Waals surface area contributed by atoms with Crippen molar-refractivity contribution in [3.63, 3.8) is 0 Å². The van der Waals surface area contributed by atoms with E-state index in [0.29, 0.717) is 17.9 Å². The fourth-order valence-electron chi connectivity index (χ4n) is 4.41. The summed E-state index contributed by atoms with van der Waals surface area (Å²) in [5.41, 5.74) is 0. The molecule has 0 aromatic carbocycles. The first kappa shape index (κ1) is 23.1. The molecule has 0 aromatic rings. The van der Waals surface area contributed by atoms with E-state index in [1.54, 1.807) is 0 Å². The van der Waals surface area contributed by atoms with Crippen LogP contribution in [0.5, 0.6) is 0 Å². The molecule has 25 heavy (non-hydrogen) atoms. The fraction of sp³-hybridized carbons (Fsp3) is 1.00. The van der Waals surface area contributed by atoms with Crippen LogP contribution < -0.4 is 0 Å². The average Bonchev–Trinajstić information content (AvgIpc) is 2.55. The number of rotatable bonds is 9. The Morgan fingerprint density at radius 2 is 1.52 bits per heavy atom. The number of hydrogen-bond donors (Lipinski definition) is 0. The summed E-state index contributed by atoms with van der Waals surface area (Å²) >= 11 is 0. The summed E-state index contributed by atoms with van der Waals surface area (Å²) in [5, 5.41) is 0.0695. The van der Waals surface area contributed by atoms with Crippen LogP contribution in [0.2, 0.25) is 10.1 Å². The number of nitrogens with zero attached hydrogens (tertiary/aromatic N) is 1. The van der Waals surface area contributed by atoms with Gasteiger partial charge in [-0.1, -0.05) is 68.7 Å². The standard InChI is InChI=1S/C21H45NO2Si/c1-11-19-14-12-13-15-22(19)16-24-25(23-10,20(6,7)17(2)3)21(8,9)18(4)5/h17-19H,11-16H2,1-10H3. The zero-order valence-electron chi connectivity index (χ0n) is 18.7. The minimum atomic E-state index is -2.52. The van der Waals surface area contributed by atoms with Crippen LogP contribution in [0.4, 0.5) is 0 Å². The third-order valence-corrected chi connectivity index (χ3v) is 13.2. The maximum Gasteiger partial charge on any atom is 0.351 e. The van der Waals surface area contributed by atoms with Crippen molar-refractivity contribution in [1.82, 2.24) is 4.90 Å². The molecule has 1 aliphatic heterocycles. The van der Waals surface area contributed by atoms with Gasteiger partial charge in [0.1, 0.15) is 0 Å². The van der Waals surface area contributed by atoms with Crippen LogP contribution in [-0.2, 0) is 8.85 Å². The van der Waals surface area contributed by atoms with Gasteiger partial charge in [0.05, 0.1) is 6.73 Å². The van der Waals surface area contributed by atoms with Crippen molar-refractivity contribution < 1.29 is 8.85 Å². The normalized spacial score (nSPS) is 21.4. The molecule has 0 amide bonds. The lowest BCUT2D eigenvalue weighted by atomic mass is 9.97. The average molecular weight is 372 g/mol. The molecular weight excluding hydrogens is 326 g/mol. The molecule has 0 bridgehead atoms. The summed E-state index contributed by atoms with van der Waals surface area (Å²) in [6, 6.07) is 0.668. The smallest absolute Gasteiger partial charge is 0.351 e. The highest BCUT2D eigenvalue weighted by atomic mass is 28.4. The van der Waals surface area contributed by atoms with Gasteiger partial charge in [0.15, 0.2) is 0 Å². The molecule has 4 heteroatoms. The summed E-state index contributed by atoms with van der Waals surface area (Å²) in [7, 11) is -0.622. The van der Waals surface area contributed by atoms with Crippen LogP contribution in [0.1, 0.15) is 88.0 Å². The highest BCUT2D eigenvalue weighted by Crippen LogP contribution is 2.59. The molecule has 1 atom stereocenters. The molecule has 1 fully saturated rings. The number of piperidine rings is 1. The molecule has 0 radical (unpaired) electrons. The van der Waals surface area contributed by atoms with Crippen molar-refractivity contribution in [2.45, 2.75) is 104 Å². The third-order valence-electron chi connectivity index (χ3n) is 7.52. The lowest BCUT2D eigenvalue weighted by molar-refractivity contribution is 0.0142. The Labute approximate surface area is 159 Å². The Morgan fingerprint density at radius 3 is 1.92 bits per heavy atom. The largest absolute Gasteiger partial charge is 0.397 e. The van der Waals surface area contributed by atoms with E-state index >= 15 is 0 Å². The Balaban J connectivity index is 3.18. The van der Waals surface area contributed by atoms with Crippen molar-refractivity contribution >= 4 is 8.56 Å². The highest BCUT2D eigenvalue weighted by Gasteiger charge is 2.63. The van der Waals surface area contributed by atoms with E-state index in [2.05, 4.69) is 67.2 Å². The van der Waals surface area contributed by atoms with Gasteiger partial charge < -0.3 is 8.85 Å². The molecule has 1 aliphatic rings. The second-order valence-corrected chi connectivity index (χ2v) is 14.2. The van der Waals surface area contributed by atoms with Gasteiger partial charge in [-0.3, -0.25) is 4.90 Å². The molecule has 1 saturated heterocycles. The van der Waals surface area contributed by atoms with Crippen LogP contribution >= 0.6 is 0 Å². The molecule has 1 rings (SSSR count). The van der Waals surface area contributed by atoms with Crippen LogP contribution in [0.25, 0.3) is 0 Å². The second-order valence-electron chi connectivity index (χ2n) is 9.72. The third kappa shape index (κ3) is 4.34. The molecule has 0 spiro atoms. The predicted octanol–water partition coefficient (Wildman–Crippen LogP) is 6.19. The minimum Gasteiger partial charge on any atom is -0.397 e. The summed E-state index contributed by atoms with van der Waals surface area (Å²) in [6.45, 7) is 22.9. The summed E-state index contributed by atoms with van der Waals surface area (Å²) in [5.74, 6) is 1.03. The summed E-state index contributed by atoms with van der Waals surface area (Å²) in [4.78, 5) is 2.57. The molecule has 0 aromatic heterocycles. The Bertz CT molecular complexity index is 387. The van der Waals surface area contributed by atoms with Crippen LogP contribution in [0, 0.1) is 11.8 Å². The predicted molar refractivity (Wildman–Crippen MR) is 111 cm³/mol. The van der Waals surface area contributed by atoms with E-state index in [4.69, 9.17) is 8.85 Å². The molecule has 0 saturated carbocycles. The first-order valence-electron chi connectivity index (χ1n) is 10.4.